The molecule has 0 aromatic heterocycles. The maximum atomic E-state index is 10.4. The third-order valence-corrected chi connectivity index (χ3v) is 3.25. The molecule has 0 unspecified atom stereocenters. The van der Waals surface area contributed by atoms with Gasteiger partial charge in [0.1, 0.15) is 18.1 Å². The van der Waals surface area contributed by atoms with Crippen molar-refractivity contribution < 1.29 is 9.84 Å². The van der Waals surface area contributed by atoms with Gasteiger partial charge in [-0.15, -0.1) is 0 Å². The first kappa shape index (κ1) is 14.9. The summed E-state index contributed by atoms with van der Waals surface area (Å²) in [5, 5.41) is 10.4. The molecule has 0 saturated carbocycles. The SMILES string of the molecule is C/C=C/C1=C(CCCC)C(O)=C(CCCC)CO1. The molecule has 0 amide bonds. The average Bonchev–Trinajstić information content (AvgIpc) is 2.38. The Labute approximate surface area is 111 Å². The summed E-state index contributed by atoms with van der Waals surface area (Å²) in [5.41, 5.74) is 2.06. The molecule has 18 heavy (non-hydrogen) atoms. The zero-order chi connectivity index (χ0) is 13.4. The smallest absolute Gasteiger partial charge is 0.126 e. The Morgan fingerprint density at radius 3 is 2.44 bits per heavy atom. The van der Waals surface area contributed by atoms with Crippen molar-refractivity contribution in [1.82, 2.24) is 0 Å². The largest absolute Gasteiger partial charge is 0.507 e. The summed E-state index contributed by atoms with van der Waals surface area (Å²) in [6.07, 6.45) is 10.2. The normalized spacial score (nSPS) is 16.6. The van der Waals surface area contributed by atoms with Gasteiger partial charge in [0.25, 0.3) is 0 Å². The molecule has 0 fully saturated rings. The molecule has 0 saturated heterocycles. The third-order valence-electron chi connectivity index (χ3n) is 3.25. The van der Waals surface area contributed by atoms with E-state index in [1.165, 1.54) is 0 Å². The first-order valence-electron chi connectivity index (χ1n) is 7.14. The van der Waals surface area contributed by atoms with Gasteiger partial charge in [-0.1, -0.05) is 32.8 Å². The second-order valence-corrected chi connectivity index (χ2v) is 4.79. The monoisotopic (exact) mass is 250 g/mol. The molecule has 2 nitrogen and oxygen atoms in total. The Balaban J connectivity index is 2.92. The van der Waals surface area contributed by atoms with Gasteiger partial charge < -0.3 is 9.84 Å². The lowest BCUT2D eigenvalue weighted by atomic mass is 9.97. The number of aliphatic hydroxyl groups is 1. The molecular formula is C16H26O2. The van der Waals surface area contributed by atoms with Crippen LogP contribution in [0, 0.1) is 0 Å². The van der Waals surface area contributed by atoms with Gasteiger partial charge >= 0.3 is 0 Å². The summed E-state index contributed by atoms with van der Waals surface area (Å²) in [4.78, 5) is 0. The van der Waals surface area contributed by atoms with Crippen LogP contribution < -0.4 is 0 Å². The van der Waals surface area contributed by atoms with E-state index in [-0.39, 0.29) is 0 Å². The first-order chi connectivity index (χ1) is 8.74. The van der Waals surface area contributed by atoms with Crippen molar-refractivity contribution >= 4 is 0 Å². The Morgan fingerprint density at radius 2 is 1.83 bits per heavy atom. The molecule has 0 aromatic rings. The fraction of sp³-hybridized carbons (Fsp3) is 0.625. The standard InChI is InChI=1S/C16H26O2/c1-4-7-10-13-12-18-15(9-6-3)14(16(13)17)11-8-5-2/h6,9,17H,4-5,7-8,10-12H2,1-3H3/b9-6+. The van der Waals surface area contributed by atoms with Gasteiger partial charge in [-0.25, -0.2) is 0 Å². The van der Waals surface area contributed by atoms with Gasteiger partial charge in [0.05, 0.1) is 0 Å². The van der Waals surface area contributed by atoms with Crippen LogP contribution in [-0.2, 0) is 4.74 Å². The lowest BCUT2D eigenvalue weighted by Crippen LogP contribution is -2.12. The number of allylic oxidation sites excluding steroid dienone is 3. The Morgan fingerprint density at radius 1 is 1.17 bits per heavy atom. The summed E-state index contributed by atoms with van der Waals surface area (Å²) in [6, 6.07) is 0. The van der Waals surface area contributed by atoms with Crippen molar-refractivity contribution in [2.75, 3.05) is 6.61 Å². The van der Waals surface area contributed by atoms with Crippen LogP contribution in [0.1, 0.15) is 59.3 Å². The van der Waals surface area contributed by atoms with E-state index < -0.39 is 0 Å². The molecule has 0 aromatic carbocycles. The molecule has 102 valence electrons. The molecule has 0 bridgehead atoms. The molecule has 1 aliphatic heterocycles. The number of hydrogen-bond donors (Lipinski definition) is 1. The van der Waals surface area contributed by atoms with Crippen molar-refractivity contribution in [2.45, 2.75) is 59.3 Å². The van der Waals surface area contributed by atoms with Crippen LogP contribution in [0.15, 0.2) is 34.8 Å². The summed E-state index contributed by atoms with van der Waals surface area (Å²) in [6.45, 7) is 6.85. The maximum absolute atomic E-state index is 10.4. The van der Waals surface area contributed by atoms with Gasteiger partial charge in [0.2, 0.25) is 0 Å². The average molecular weight is 250 g/mol. The number of hydrogen-bond acceptors (Lipinski definition) is 2. The minimum atomic E-state index is 0.497. The molecule has 1 heterocycles. The van der Waals surface area contributed by atoms with Crippen LogP contribution in [0.5, 0.6) is 0 Å². The number of ether oxygens (including phenoxy) is 1. The van der Waals surface area contributed by atoms with Gasteiger partial charge in [0, 0.05) is 11.1 Å². The van der Waals surface area contributed by atoms with E-state index in [9.17, 15) is 5.11 Å². The predicted octanol–water partition coefficient (Wildman–Crippen LogP) is 5.04. The minimum Gasteiger partial charge on any atom is -0.507 e. The van der Waals surface area contributed by atoms with Crippen LogP contribution in [0.3, 0.4) is 0 Å². The fourth-order valence-electron chi connectivity index (χ4n) is 2.13. The molecule has 0 atom stereocenters. The van der Waals surface area contributed by atoms with Crippen molar-refractivity contribution in [3.63, 3.8) is 0 Å². The van der Waals surface area contributed by atoms with E-state index in [2.05, 4.69) is 13.8 Å². The van der Waals surface area contributed by atoms with Crippen molar-refractivity contribution in [2.24, 2.45) is 0 Å². The third kappa shape index (κ3) is 3.94. The van der Waals surface area contributed by atoms with Crippen LogP contribution in [0.4, 0.5) is 0 Å². The van der Waals surface area contributed by atoms with Gasteiger partial charge in [-0.3, -0.25) is 0 Å². The Hall–Kier alpha value is -1.18. The Bertz CT molecular complexity index is 348. The van der Waals surface area contributed by atoms with Crippen LogP contribution in [-0.4, -0.2) is 11.7 Å². The van der Waals surface area contributed by atoms with E-state index in [0.717, 1.165) is 55.4 Å². The quantitative estimate of drug-likeness (QED) is 0.686. The zero-order valence-corrected chi connectivity index (χ0v) is 12.0. The molecule has 1 aliphatic rings. The van der Waals surface area contributed by atoms with E-state index >= 15 is 0 Å². The molecule has 0 radical (unpaired) electrons. The highest BCUT2D eigenvalue weighted by atomic mass is 16.5. The number of aliphatic hydroxyl groups excluding tert-OH is 1. The highest BCUT2D eigenvalue weighted by Crippen LogP contribution is 2.30. The molecule has 0 aliphatic carbocycles. The minimum absolute atomic E-state index is 0.497. The second kappa shape index (κ2) is 8.02. The zero-order valence-electron chi connectivity index (χ0n) is 12.0. The van der Waals surface area contributed by atoms with Crippen LogP contribution in [0.2, 0.25) is 0 Å². The summed E-state index contributed by atoms with van der Waals surface area (Å²) < 4.78 is 5.78. The van der Waals surface area contributed by atoms with Gasteiger partial charge in [-0.05, 0) is 38.7 Å². The number of rotatable bonds is 7. The van der Waals surface area contributed by atoms with Crippen LogP contribution >= 0.6 is 0 Å². The highest BCUT2D eigenvalue weighted by Gasteiger charge is 2.20. The van der Waals surface area contributed by atoms with Gasteiger partial charge in [0.15, 0.2) is 0 Å². The van der Waals surface area contributed by atoms with Gasteiger partial charge in [-0.2, -0.15) is 0 Å². The lowest BCUT2D eigenvalue weighted by Gasteiger charge is -2.22. The first-order valence-corrected chi connectivity index (χ1v) is 7.14. The topological polar surface area (TPSA) is 29.5 Å². The molecule has 1 rings (SSSR count). The summed E-state index contributed by atoms with van der Waals surface area (Å²) in [5.74, 6) is 1.35. The summed E-state index contributed by atoms with van der Waals surface area (Å²) >= 11 is 0. The molecule has 0 spiro atoms. The van der Waals surface area contributed by atoms with E-state index in [4.69, 9.17) is 4.74 Å². The second-order valence-electron chi connectivity index (χ2n) is 4.79. The van der Waals surface area contributed by atoms with Crippen molar-refractivity contribution in [3.05, 3.63) is 34.8 Å². The lowest BCUT2D eigenvalue weighted by molar-refractivity contribution is 0.220. The number of unbranched alkanes of at least 4 members (excludes halogenated alkanes) is 2. The Kier molecular flexibility index (Phi) is 6.63. The molecule has 1 N–H and O–H groups in total. The van der Waals surface area contributed by atoms with Crippen LogP contribution in [0.25, 0.3) is 0 Å². The molecular weight excluding hydrogens is 224 g/mol. The van der Waals surface area contributed by atoms with Crippen molar-refractivity contribution in [3.8, 4) is 0 Å². The van der Waals surface area contributed by atoms with E-state index in [0.29, 0.717) is 12.4 Å². The van der Waals surface area contributed by atoms with E-state index in [1.807, 2.05) is 19.1 Å². The van der Waals surface area contributed by atoms with Crippen molar-refractivity contribution in [1.29, 1.82) is 0 Å². The molecule has 2 heteroatoms. The highest BCUT2D eigenvalue weighted by molar-refractivity contribution is 5.39. The summed E-state index contributed by atoms with van der Waals surface area (Å²) in [7, 11) is 0. The fourth-order valence-corrected chi connectivity index (χ4v) is 2.13. The van der Waals surface area contributed by atoms with E-state index in [1.54, 1.807) is 0 Å². The predicted molar refractivity (Wildman–Crippen MR) is 76.5 cm³/mol. The maximum Gasteiger partial charge on any atom is 0.126 e.